The lowest BCUT2D eigenvalue weighted by Crippen LogP contribution is -2.47. The second kappa shape index (κ2) is 10.4. The van der Waals surface area contributed by atoms with Crippen LogP contribution in [0.3, 0.4) is 0 Å². The average molecular weight is 437 g/mol. The lowest BCUT2D eigenvalue weighted by Gasteiger charge is -2.15. The first-order valence-electron chi connectivity index (χ1n) is 9.62. The molecule has 0 unspecified atom stereocenters. The Morgan fingerprint density at radius 2 is 1.45 bits per heavy atom. The Hall–Kier alpha value is -3.64. The number of hydrazine groups is 1. The Labute approximate surface area is 185 Å². The molecule has 3 aromatic carbocycles. The molecular formula is C24H21ClN2O4. The molecule has 1 atom stereocenters. The molecule has 7 heteroatoms. The third kappa shape index (κ3) is 6.42. The Bertz CT molecular complexity index is 1050. The van der Waals surface area contributed by atoms with Crippen LogP contribution >= 0.6 is 11.6 Å². The van der Waals surface area contributed by atoms with Crippen molar-refractivity contribution in [2.24, 2.45) is 0 Å². The van der Waals surface area contributed by atoms with Gasteiger partial charge in [-0.1, -0.05) is 54.1 Å². The van der Waals surface area contributed by atoms with Gasteiger partial charge in [-0.25, -0.2) is 0 Å². The summed E-state index contributed by atoms with van der Waals surface area (Å²) in [7, 11) is 0. The third-order valence-electron chi connectivity index (χ3n) is 4.44. The van der Waals surface area contributed by atoms with Gasteiger partial charge in [0.25, 0.3) is 5.91 Å². The number of halogens is 1. The zero-order valence-corrected chi connectivity index (χ0v) is 17.6. The first kappa shape index (κ1) is 22.1. The molecule has 0 saturated carbocycles. The summed E-state index contributed by atoms with van der Waals surface area (Å²) < 4.78 is 5.59. The Balaban J connectivity index is 1.48. The molecule has 6 nitrogen and oxygen atoms in total. The molecule has 3 rings (SSSR count). The molecule has 2 N–H and O–H groups in total. The van der Waals surface area contributed by atoms with Gasteiger partial charge in [0.15, 0.2) is 11.9 Å². The van der Waals surface area contributed by atoms with E-state index in [1.807, 2.05) is 6.07 Å². The van der Waals surface area contributed by atoms with Gasteiger partial charge in [0.2, 0.25) is 5.91 Å². The van der Waals surface area contributed by atoms with Gasteiger partial charge in [-0.15, -0.1) is 0 Å². The second-order valence-electron chi connectivity index (χ2n) is 6.82. The summed E-state index contributed by atoms with van der Waals surface area (Å²) in [6, 6.07) is 22.3. The summed E-state index contributed by atoms with van der Waals surface area (Å²) in [6.45, 7) is 1.56. The molecule has 0 aliphatic heterocycles. The number of carbonyl (C=O) groups is 3. The van der Waals surface area contributed by atoms with Crippen molar-refractivity contribution in [1.29, 1.82) is 0 Å². The maximum absolute atomic E-state index is 12.4. The molecule has 3 aromatic rings. The van der Waals surface area contributed by atoms with Crippen LogP contribution in [0.25, 0.3) is 0 Å². The van der Waals surface area contributed by atoms with Gasteiger partial charge in [0.1, 0.15) is 5.75 Å². The molecule has 0 radical (unpaired) electrons. The van der Waals surface area contributed by atoms with Gasteiger partial charge in [-0.05, 0) is 48.9 Å². The van der Waals surface area contributed by atoms with Gasteiger partial charge in [0.05, 0.1) is 6.42 Å². The second-order valence-corrected chi connectivity index (χ2v) is 7.26. The summed E-state index contributed by atoms with van der Waals surface area (Å²) in [5, 5.41) is 0.584. The van der Waals surface area contributed by atoms with E-state index in [1.165, 1.54) is 0 Å². The minimum absolute atomic E-state index is 0.0960. The number of hydrogen-bond acceptors (Lipinski definition) is 4. The van der Waals surface area contributed by atoms with Crippen LogP contribution in [0.4, 0.5) is 0 Å². The van der Waals surface area contributed by atoms with Crippen molar-refractivity contribution in [1.82, 2.24) is 10.9 Å². The Kier molecular flexibility index (Phi) is 7.40. The number of carbonyl (C=O) groups excluding carboxylic acids is 3. The molecule has 0 fully saturated rings. The maximum Gasteiger partial charge on any atom is 0.279 e. The zero-order valence-electron chi connectivity index (χ0n) is 16.8. The largest absolute Gasteiger partial charge is 0.481 e. The molecule has 31 heavy (non-hydrogen) atoms. The van der Waals surface area contributed by atoms with Crippen LogP contribution < -0.4 is 15.6 Å². The Morgan fingerprint density at radius 3 is 2.10 bits per heavy atom. The number of rotatable bonds is 7. The molecule has 0 bridgehead atoms. The lowest BCUT2D eigenvalue weighted by atomic mass is 10.0. The maximum atomic E-state index is 12.4. The van der Waals surface area contributed by atoms with E-state index in [0.717, 1.165) is 5.56 Å². The molecule has 0 spiro atoms. The smallest absolute Gasteiger partial charge is 0.279 e. The van der Waals surface area contributed by atoms with Crippen molar-refractivity contribution < 1.29 is 19.1 Å². The minimum Gasteiger partial charge on any atom is -0.481 e. The van der Waals surface area contributed by atoms with E-state index in [9.17, 15) is 14.4 Å². The van der Waals surface area contributed by atoms with Crippen molar-refractivity contribution in [3.8, 4) is 5.75 Å². The lowest BCUT2D eigenvalue weighted by molar-refractivity contribution is -0.132. The van der Waals surface area contributed by atoms with Crippen molar-refractivity contribution >= 4 is 29.2 Å². The Morgan fingerprint density at radius 1 is 0.839 bits per heavy atom. The molecule has 0 heterocycles. The number of ketones is 1. The van der Waals surface area contributed by atoms with E-state index in [0.29, 0.717) is 21.9 Å². The predicted molar refractivity (Wildman–Crippen MR) is 118 cm³/mol. The minimum atomic E-state index is -0.855. The van der Waals surface area contributed by atoms with E-state index in [-0.39, 0.29) is 18.1 Å². The van der Waals surface area contributed by atoms with Gasteiger partial charge < -0.3 is 4.74 Å². The van der Waals surface area contributed by atoms with Crippen LogP contribution in [-0.2, 0) is 16.0 Å². The first-order chi connectivity index (χ1) is 14.9. The molecule has 0 aliphatic rings. The van der Waals surface area contributed by atoms with Crippen LogP contribution in [0.1, 0.15) is 28.4 Å². The van der Waals surface area contributed by atoms with Crippen molar-refractivity contribution in [3.05, 3.63) is 101 Å². The summed E-state index contributed by atoms with van der Waals surface area (Å²) in [5.41, 5.74) is 6.58. The van der Waals surface area contributed by atoms with Crippen LogP contribution in [0, 0.1) is 0 Å². The van der Waals surface area contributed by atoms with Gasteiger partial charge in [-0.2, -0.15) is 0 Å². The summed E-state index contributed by atoms with van der Waals surface area (Å²) >= 11 is 5.82. The fourth-order valence-electron chi connectivity index (χ4n) is 2.76. The van der Waals surface area contributed by atoms with Gasteiger partial charge in [0, 0.05) is 16.1 Å². The van der Waals surface area contributed by atoms with E-state index < -0.39 is 12.0 Å². The summed E-state index contributed by atoms with van der Waals surface area (Å²) in [5.74, 6) is -0.540. The molecule has 0 aromatic heterocycles. The highest BCUT2D eigenvalue weighted by Gasteiger charge is 2.16. The number of nitrogens with one attached hydrogen (secondary N) is 2. The van der Waals surface area contributed by atoms with E-state index in [4.69, 9.17) is 16.3 Å². The normalized spacial score (nSPS) is 11.3. The van der Waals surface area contributed by atoms with E-state index >= 15 is 0 Å². The summed E-state index contributed by atoms with van der Waals surface area (Å²) in [6.07, 6.45) is -0.754. The van der Waals surface area contributed by atoms with Gasteiger partial charge in [-0.3, -0.25) is 25.2 Å². The van der Waals surface area contributed by atoms with Crippen molar-refractivity contribution in [2.75, 3.05) is 0 Å². The third-order valence-corrected chi connectivity index (χ3v) is 4.69. The first-order valence-corrected chi connectivity index (χ1v) is 10.00. The van der Waals surface area contributed by atoms with Crippen LogP contribution in [-0.4, -0.2) is 23.7 Å². The van der Waals surface area contributed by atoms with Crippen LogP contribution in [0.15, 0.2) is 78.9 Å². The molecular weight excluding hydrogens is 416 g/mol. The standard InChI is InChI=1S/C24H21ClN2O4/c1-16(24(30)27-26-22(28)15-17-7-11-20(25)12-8-17)31-21-13-9-19(10-14-21)23(29)18-5-3-2-4-6-18/h2-14,16H,15H2,1H3,(H,26,28)(H,27,30)/t16-/m1/s1. The molecule has 0 aliphatic carbocycles. The zero-order chi connectivity index (χ0) is 22.2. The average Bonchev–Trinajstić information content (AvgIpc) is 2.79. The molecule has 0 saturated heterocycles. The van der Waals surface area contributed by atoms with Crippen molar-refractivity contribution in [3.63, 3.8) is 0 Å². The van der Waals surface area contributed by atoms with Gasteiger partial charge >= 0.3 is 0 Å². The summed E-state index contributed by atoms with van der Waals surface area (Å²) in [4.78, 5) is 36.6. The SMILES string of the molecule is C[C@@H](Oc1ccc(C(=O)c2ccccc2)cc1)C(=O)NNC(=O)Cc1ccc(Cl)cc1. The predicted octanol–water partition coefficient (Wildman–Crippen LogP) is 3.73. The number of benzene rings is 3. The highest BCUT2D eigenvalue weighted by Crippen LogP contribution is 2.17. The highest BCUT2D eigenvalue weighted by atomic mass is 35.5. The number of hydrogen-bond donors (Lipinski definition) is 2. The fourth-order valence-corrected chi connectivity index (χ4v) is 2.89. The topological polar surface area (TPSA) is 84.5 Å². The fraction of sp³-hybridized carbons (Fsp3) is 0.125. The monoisotopic (exact) mass is 436 g/mol. The quantitative estimate of drug-likeness (QED) is 0.436. The van der Waals surface area contributed by atoms with E-state index in [1.54, 1.807) is 79.7 Å². The molecule has 158 valence electrons. The highest BCUT2D eigenvalue weighted by molar-refractivity contribution is 6.30. The number of amides is 2. The van der Waals surface area contributed by atoms with Crippen LogP contribution in [0.5, 0.6) is 5.75 Å². The van der Waals surface area contributed by atoms with Crippen molar-refractivity contribution in [2.45, 2.75) is 19.4 Å². The molecule has 2 amide bonds. The van der Waals surface area contributed by atoms with E-state index in [2.05, 4.69) is 10.9 Å². The number of ether oxygens (including phenoxy) is 1. The van der Waals surface area contributed by atoms with Crippen LogP contribution in [0.2, 0.25) is 5.02 Å².